The Balaban J connectivity index is 0.00000182. The van der Waals surface area contributed by atoms with E-state index in [2.05, 4.69) is 19.5 Å². The van der Waals surface area contributed by atoms with Gasteiger partial charge in [-0.1, -0.05) is 11.8 Å². The van der Waals surface area contributed by atoms with Gasteiger partial charge in [0.2, 0.25) is 0 Å². The molecule has 1 aliphatic heterocycles. The summed E-state index contributed by atoms with van der Waals surface area (Å²) in [4.78, 5) is 33.5. The second kappa shape index (κ2) is 10.1. The number of thioether (sulfide) groups is 1. The van der Waals surface area contributed by atoms with E-state index in [1.807, 2.05) is 0 Å². The summed E-state index contributed by atoms with van der Waals surface area (Å²) in [5.74, 6) is 0.139. The molecule has 138 valence electrons. The summed E-state index contributed by atoms with van der Waals surface area (Å²) in [6.45, 7) is -0.723. The van der Waals surface area contributed by atoms with Crippen molar-refractivity contribution in [2.45, 2.75) is 29.7 Å². The van der Waals surface area contributed by atoms with Gasteiger partial charge in [-0.2, -0.15) is 0 Å². The third-order valence-electron chi connectivity index (χ3n) is 3.62. The maximum atomic E-state index is 10.6. The van der Waals surface area contributed by atoms with Crippen molar-refractivity contribution in [2.24, 2.45) is 0 Å². The number of hydrogen-bond donors (Lipinski definition) is 3. The van der Waals surface area contributed by atoms with E-state index >= 15 is 0 Å². The Morgan fingerprint density at radius 3 is 2.63 bits per heavy atom. The van der Waals surface area contributed by atoms with Crippen LogP contribution in [0.4, 0.5) is 5.82 Å². The average molecular weight is 437 g/mol. The zero-order valence-electron chi connectivity index (χ0n) is 14.8. The summed E-state index contributed by atoms with van der Waals surface area (Å²) in [5.41, 5.74) is 6.37. The van der Waals surface area contributed by atoms with E-state index in [-0.39, 0.29) is 76.1 Å². The summed E-state index contributed by atoms with van der Waals surface area (Å²) in [6, 6.07) is 0. The maximum Gasteiger partial charge on any atom is 1.00 e. The van der Waals surface area contributed by atoms with Gasteiger partial charge in [0, 0.05) is 0 Å². The number of nitrogen functional groups attached to an aromatic ring is 1. The Morgan fingerprint density at radius 1 is 1.37 bits per heavy atom. The maximum absolute atomic E-state index is 10.6. The minimum Gasteiger partial charge on any atom is -0.790 e. The smallest absolute Gasteiger partial charge is 0.790 e. The van der Waals surface area contributed by atoms with Gasteiger partial charge < -0.3 is 39.6 Å². The second-order valence-electron chi connectivity index (χ2n) is 5.21. The van der Waals surface area contributed by atoms with E-state index in [9.17, 15) is 24.6 Å². The Hall–Kier alpha value is 0.690. The third kappa shape index (κ3) is 5.64. The molecule has 4 N–H and O–H groups in total. The molecule has 1 saturated heterocycles. The van der Waals surface area contributed by atoms with Crippen LogP contribution in [0.3, 0.4) is 0 Å². The predicted octanol–water partition coefficient (Wildman–Crippen LogP) is -8.40. The van der Waals surface area contributed by atoms with Crippen LogP contribution in [0.2, 0.25) is 0 Å². The van der Waals surface area contributed by atoms with Gasteiger partial charge >= 0.3 is 59.1 Å². The molecule has 0 saturated carbocycles. The van der Waals surface area contributed by atoms with Gasteiger partial charge in [-0.3, -0.25) is 4.57 Å². The fraction of sp³-hybridized carbons (Fsp3) is 0.545. The summed E-state index contributed by atoms with van der Waals surface area (Å²) in [7, 11) is -5.23. The number of nitrogens with two attached hydrogens (primary N) is 1. The average Bonchev–Trinajstić information content (AvgIpc) is 3.08. The fourth-order valence-electron chi connectivity index (χ4n) is 2.46. The van der Waals surface area contributed by atoms with Crippen molar-refractivity contribution in [3.8, 4) is 0 Å². The monoisotopic (exact) mass is 437 g/mol. The number of imidazole rings is 1. The first-order chi connectivity index (χ1) is 11.7. The molecule has 3 heterocycles. The molecule has 0 bridgehead atoms. The van der Waals surface area contributed by atoms with Gasteiger partial charge in [0.15, 0.2) is 22.8 Å². The van der Waals surface area contributed by atoms with Crippen molar-refractivity contribution in [1.82, 2.24) is 19.5 Å². The van der Waals surface area contributed by atoms with Gasteiger partial charge in [-0.25, -0.2) is 15.0 Å². The van der Waals surface area contributed by atoms with Crippen molar-refractivity contribution >= 4 is 36.6 Å². The molecule has 3 rings (SSSR count). The molecular formula is C11H14N5Na2O7PS. The van der Waals surface area contributed by atoms with E-state index < -0.39 is 39.0 Å². The molecule has 0 spiro atoms. The van der Waals surface area contributed by atoms with Crippen LogP contribution in [0.5, 0.6) is 0 Å². The van der Waals surface area contributed by atoms with E-state index in [1.165, 1.54) is 22.7 Å². The number of hydrogen-bond acceptors (Lipinski definition) is 12. The first-order valence-corrected chi connectivity index (χ1v) is 9.62. The Morgan fingerprint density at radius 2 is 2.04 bits per heavy atom. The Kier molecular flexibility index (Phi) is 9.66. The van der Waals surface area contributed by atoms with E-state index in [1.54, 1.807) is 6.26 Å². The van der Waals surface area contributed by atoms with Crippen molar-refractivity contribution in [1.29, 1.82) is 0 Å². The largest absolute Gasteiger partial charge is 1.00 e. The zero-order chi connectivity index (χ0) is 18.4. The molecule has 1 aliphatic rings. The number of rotatable bonds is 5. The number of phosphoric ester groups is 1. The fourth-order valence-corrected chi connectivity index (χ4v) is 3.15. The Labute approximate surface area is 202 Å². The number of phosphoric acid groups is 1. The molecule has 0 radical (unpaired) electrons. The number of aromatic nitrogens is 4. The second-order valence-corrected chi connectivity index (χ2v) is 7.13. The van der Waals surface area contributed by atoms with Gasteiger partial charge in [0.25, 0.3) is 0 Å². The van der Waals surface area contributed by atoms with Crippen LogP contribution in [0.15, 0.2) is 11.5 Å². The van der Waals surface area contributed by atoms with Gasteiger partial charge in [-0.05, 0) is 6.26 Å². The van der Waals surface area contributed by atoms with Gasteiger partial charge in [0.05, 0.1) is 20.8 Å². The topological polar surface area (TPSA) is 192 Å². The Bertz CT molecular complexity index is 839. The van der Waals surface area contributed by atoms with E-state index in [0.717, 1.165) is 0 Å². The van der Waals surface area contributed by atoms with E-state index in [0.29, 0.717) is 5.16 Å². The summed E-state index contributed by atoms with van der Waals surface area (Å²) in [5, 5.41) is 20.6. The first kappa shape index (κ1) is 25.7. The van der Waals surface area contributed by atoms with Crippen molar-refractivity contribution < 1.29 is 92.9 Å². The molecule has 27 heavy (non-hydrogen) atoms. The third-order valence-corrected chi connectivity index (χ3v) is 4.63. The SMILES string of the molecule is CSc1nc(N)c2ncn([C@@H]3O[C@H](COP(=O)([O-])[O-])C(O)[C@@H]3O)c2n1.[Na+].[Na+]. The van der Waals surface area contributed by atoms with Crippen molar-refractivity contribution in [2.75, 3.05) is 18.6 Å². The van der Waals surface area contributed by atoms with Crippen LogP contribution in [-0.4, -0.2) is 60.9 Å². The van der Waals surface area contributed by atoms with Crippen molar-refractivity contribution in [3.63, 3.8) is 0 Å². The van der Waals surface area contributed by atoms with Crippen molar-refractivity contribution in [3.05, 3.63) is 6.33 Å². The van der Waals surface area contributed by atoms with E-state index in [4.69, 9.17) is 10.5 Å². The molecule has 4 atom stereocenters. The van der Waals surface area contributed by atoms with Crippen LogP contribution < -0.4 is 74.6 Å². The standard InChI is InChI=1S/C11H16N5O7PS.2Na/c1-25-11-14-8(12)5-9(15-11)16(3-13-5)10-7(18)6(17)4(23-10)2-22-24(19,20)21;;/h3-4,6-7,10,17-18H,2H2,1H3,(H2,12,14,15)(H2,19,20,21);;/q;2*+1/p-2/t4-,6?,7+,10-;;/m1../s1. The quantitative estimate of drug-likeness (QED) is 0.173. The van der Waals surface area contributed by atoms with Crippen LogP contribution in [-0.2, 0) is 13.8 Å². The molecule has 1 fully saturated rings. The molecule has 12 nitrogen and oxygen atoms in total. The zero-order valence-corrected chi connectivity index (χ0v) is 20.5. The number of aliphatic hydroxyl groups excluding tert-OH is 2. The molecule has 1 unspecified atom stereocenters. The minimum atomic E-state index is -5.23. The summed E-state index contributed by atoms with van der Waals surface area (Å²) in [6.07, 6.45) is -2.21. The molecule has 2 aromatic heterocycles. The first-order valence-electron chi connectivity index (χ1n) is 6.93. The predicted molar refractivity (Wildman–Crippen MR) is 81.0 cm³/mol. The molecule has 0 amide bonds. The van der Waals surface area contributed by atoms with Gasteiger partial charge in [-0.15, -0.1) is 0 Å². The summed E-state index contributed by atoms with van der Waals surface area (Å²) < 4.78 is 21.5. The molecule has 0 aliphatic carbocycles. The van der Waals surface area contributed by atoms with Crippen LogP contribution in [0.1, 0.15) is 6.23 Å². The molecule has 0 aromatic carbocycles. The number of nitrogens with zero attached hydrogens (tertiary/aromatic N) is 4. The van der Waals surface area contributed by atoms with Gasteiger partial charge in [0.1, 0.15) is 23.8 Å². The minimum absolute atomic E-state index is 0. The molecule has 16 heteroatoms. The summed E-state index contributed by atoms with van der Waals surface area (Å²) >= 11 is 1.25. The number of anilines is 1. The molecular weight excluding hydrogens is 423 g/mol. The number of aliphatic hydroxyl groups is 2. The van der Waals surface area contributed by atoms with Crippen LogP contribution in [0, 0.1) is 0 Å². The van der Waals surface area contributed by atoms with Crippen LogP contribution >= 0.6 is 19.6 Å². The normalized spacial score (nSPS) is 25.2. The number of fused-ring (bicyclic) bond motifs is 1. The number of ether oxygens (including phenoxy) is 1. The molecule has 2 aromatic rings. The van der Waals surface area contributed by atoms with Crippen LogP contribution in [0.25, 0.3) is 11.2 Å².